The number of benzene rings is 1. The Hall–Kier alpha value is -1.85. The summed E-state index contributed by atoms with van der Waals surface area (Å²) in [5, 5.41) is 5.97. The Balaban J connectivity index is 0.00000264. The molecule has 4 nitrogen and oxygen atoms in total. The zero-order valence-electron chi connectivity index (χ0n) is 13.6. The predicted molar refractivity (Wildman–Crippen MR) is 93.3 cm³/mol. The molecule has 2 rings (SSSR count). The summed E-state index contributed by atoms with van der Waals surface area (Å²) in [6.45, 7) is 5.35. The van der Waals surface area contributed by atoms with E-state index in [1.165, 1.54) is 12.1 Å². The van der Waals surface area contributed by atoms with Crippen LogP contribution in [0.25, 0.3) is 5.69 Å². The van der Waals surface area contributed by atoms with Crippen LogP contribution in [0.2, 0.25) is 0 Å². The number of amides is 1. The molecule has 0 fully saturated rings. The summed E-state index contributed by atoms with van der Waals surface area (Å²) in [6.07, 6.45) is 0.888. The van der Waals surface area contributed by atoms with E-state index in [0.717, 1.165) is 30.0 Å². The SMILES string of the molecule is CNCCCNC(=O)c1cc(C)n(-c2ccc(F)cc2)c1C.Cl. The average molecular weight is 340 g/mol. The Morgan fingerprint density at radius 2 is 1.83 bits per heavy atom. The number of nitrogens with zero attached hydrogens (tertiary/aromatic N) is 1. The second kappa shape index (κ2) is 8.70. The number of aromatic nitrogens is 1. The third kappa shape index (κ3) is 4.56. The smallest absolute Gasteiger partial charge is 0.253 e. The van der Waals surface area contributed by atoms with Crippen molar-refractivity contribution in [2.24, 2.45) is 0 Å². The first-order chi connectivity index (χ1) is 10.5. The van der Waals surface area contributed by atoms with E-state index >= 15 is 0 Å². The largest absolute Gasteiger partial charge is 0.352 e. The van der Waals surface area contributed by atoms with Crippen LogP contribution in [0.4, 0.5) is 4.39 Å². The number of hydrogen-bond acceptors (Lipinski definition) is 2. The molecule has 6 heteroatoms. The molecular weight excluding hydrogens is 317 g/mol. The topological polar surface area (TPSA) is 46.1 Å². The quantitative estimate of drug-likeness (QED) is 0.795. The van der Waals surface area contributed by atoms with Crippen molar-refractivity contribution in [2.75, 3.05) is 20.1 Å². The van der Waals surface area contributed by atoms with Gasteiger partial charge in [0.15, 0.2) is 0 Å². The number of carbonyl (C=O) groups excluding carboxylic acids is 1. The molecule has 0 bridgehead atoms. The van der Waals surface area contributed by atoms with Gasteiger partial charge in [-0.3, -0.25) is 4.79 Å². The number of aryl methyl sites for hydroxylation is 1. The van der Waals surface area contributed by atoms with E-state index in [0.29, 0.717) is 12.1 Å². The fraction of sp³-hybridized carbons (Fsp3) is 0.353. The molecule has 0 aliphatic carbocycles. The Morgan fingerprint density at radius 1 is 1.17 bits per heavy atom. The molecule has 0 radical (unpaired) electrons. The molecule has 0 saturated heterocycles. The van der Waals surface area contributed by atoms with Gasteiger partial charge in [-0.15, -0.1) is 12.4 Å². The molecule has 1 aromatic heterocycles. The standard InChI is InChI=1S/C17H22FN3O.ClH/c1-12-11-16(17(22)20-10-4-9-19-3)13(2)21(12)15-7-5-14(18)6-8-15;/h5-8,11,19H,4,9-10H2,1-3H3,(H,20,22);1H. The first-order valence-corrected chi connectivity index (χ1v) is 7.42. The summed E-state index contributed by atoms with van der Waals surface area (Å²) < 4.78 is 15.0. The van der Waals surface area contributed by atoms with Crippen LogP contribution in [0.1, 0.15) is 28.2 Å². The van der Waals surface area contributed by atoms with E-state index < -0.39 is 0 Å². The van der Waals surface area contributed by atoms with Crippen LogP contribution in [0.15, 0.2) is 30.3 Å². The van der Waals surface area contributed by atoms with Crippen molar-refractivity contribution in [3.63, 3.8) is 0 Å². The normalized spacial score (nSPS) is 10.3. The zero-order chi connectivity index (χ0) is 16.1. The maximum absolute atomic E-state index is 13.1. The molecule has 0 aliphatic rings. The molecule has 2 N–H and O–H groups in total. The molecule has 0 atom stereocenters. The van der Waals surface area contributed by atoms with Gasteiger partial charge >= 0.3 is 0 Å². The van der Waals surface area contributed by atoms with Crippen LogP contribution >= 0.6 is 12.4 Å². The van der Waals surface area contributed by atoms with E-state index in [2.05, 4.69) is 10.6 Å². The minimum Gasteiger partial charge on any atom is -0.352 e. The lowest BCUT2D eigenvalue weighted by atomic mass is 10.2. The van der Waals surface area contributed by atoms with Gasteiger partial charge in [0.1, 0.15) is 5.82 Å². The number of hydrogen-bond donors (Lipinski definition) is 2. The van der Waals surface area contributed by atoms with Crippen molar-refractivity contribution in [2.45, 2.75) is 20.3 Å². The maximum Gasteiger partial charge on any atom is 0.253 e. The number of rotatable bonds is 6. The average Bonchev–Trinajstić information content (AvgIpc) is 2.80. The van der Waals surface area contributed by atoms with Crippen molar-refractivity contribution < 1.29 is 9.18 Å². The lowest BCUT2D eigenvalue weighted by Crippen LogP contribution is -2.26. The Labute approximate surface area is 142 Å². The van der Waals surface area contributed by atoms with E-state index in [4.69, 9.17) is 0 Å². The van der Waals surface area contributed by atoms with Crippen LogP contribution < -0.4 is 10.6 Å². The van der Waals surface area contributed by atoms with Gasteiger partial charge in [0.2, 0.25) is 0 Å². The van der Waals surface area contributed by atoms with Crippen LogP contribution in [-0.2, 0) is 0 Å². The summed E-state index contributed by atoms with van der Waals surface area (Å²) in [4.78, 5) is 12.3. The molecular formula is C17H23ClFN3O. The van der Waals surface area contributed by atoms with Crippen LogP contribution in [0, 0.1) is 19.7 Å². The number of nitrogens with one attached hydrogen (secondary N) is 2. The van der Waals surface area contributed by atoms with Gasteiger partial charge in [-0.2, -0.15) is 0 Å². The number of halogens is 2. The molecule has 0 aliphatic heterocycles. The Morgan fingerprint density at radius 3 is 2.43 bits per heavy atom. The molecule has 23 heavy (non-hydrogen) atoms. The first-order valence-electron chi connectivity index (χ1n) is 7.42. The zero-order valence-corrected chi connectivity index (χ0v) is 14.5. The van der Waals surface area contributed by atoms with Gasteiger partial charge in [0.05, 0.1) is 5.56 Å². The van der Waals surface area contributed by atoms with E-state index in [1.807, 2.05) is 31.5 Å². The van der Waals surface area contributed by atoms with Crippen molar-refractivity contribution in [1.29, 1.82) is 0 Å². The summed E-state index contributed by atoms with van der Waals surface area (Å²) in [5.74, 6) is -0.341. The minimum atomic E-state index is -0.270. The second-order valence-electron chi connectivity index (χ2n) is 5.31. The van der Waals surface area contributed by atoms with Crippen molar-refractivity contribution >= 4 is 18.3 Å². The van der Waals surface area contributed by atoms with Gasteiger partial charge in [0, 0.05) is 23.6 Å². The minimum absolute atomic E-state index is 0. The monoisotopic (exact) mass is 339 g/mol. The molecule has 1 aromatic carbocycles. The molecule has 126 valence electrons. The van der Waals surface area contributed by atoms with Crippen LogP contribution in [0.5, 0.6) is 0 Å². The summed E-state index contributed by atoms with van der Waals surface area (Å²) in [7, 11) is 1.89. The number of carbonyl (C=O) groups is 1. The lowest BCUT2D eigenvalue weighted by molar-refractivity contribution is 0.0952. The third-order valence-electron chi connectivity index (χ3n) is 3.65. The fourth-order valence-electron chi connectivity index (χ4n) is 2.54. The highest BCUT2D eigenvalue weighted by Crippen LogP contribution is 2.21. The van der Waals surface area contributed by atoms with Crippen molar-refractivity contribution in [3.05, 3.63) is 53.1 Å². The lowest BCUT2D eigenvalue weighted by Gasteiger charge is -2.10. The highest BCUT2D eigenvalue weighted by Gasteiger charge is 2.16. The van der Waals surface area contributed by atoms with E-state index in [1.54, 1.807) is 12.1 Å². The van der Waals surface area contributed by atoms with Gasteiger partial charge in [-0.25, -0.2) is 4.39 Å². The van der Waals surface area contributed by atoms with Gasteiger partial charge in [0.25, 0.3) is 5.91 Å². The summed E-state index contributed by atoms with van der Waals surface area (Å²) in [5.41, 5.74) is 3.32. The Kier molecular flexibility index (Phi) is 7.26. The van der Waals surface area contributed by atoms with Crippen LogP contribution in [-0.4, -0.2) is 30.6 Å². The maximum atomic E-state index is 13.1. The predicted octanol–water partition coefficient (Wildman–Crippen LogP) is 2.99. The third-order valence-corrected chi connectivity index (χ3v) is 3.65. The van der Waals surface area contributed by atoms with Gasteiger partial charge in [-0.1, -0.05) is 0 Å². The summed E-state index contributed by atoms with van der Waals surface area (Å²) in [6, 6.07) is 8.14. The van der Waals surface area contributed by atoms with Gasteiger partial charge in [-0.05, 0) is 64.2 Å². The molecule has 1 heterocycles. The summed E-state index contributed by atoms with van der Waals surface area (Å²) >= 11 is 0. The van der Waals surface area contributed by atoms with Crippen LogP contribution in [0.3, 0.4) is 0 Å². The van der Waals surface area contributed by atoms with E-state index in [-0.39, 0.29) is 24.1 Å². The Bertz CT molecular complexity index is 653. The van der Waals surface area contributed by atoms with Gasteiger partial charge < -0.3 is 15.2 Å². The van der Waals surface area contributed by atoms with E-state index in [9.17, 15) is 9.18 Å². The second-order valence-corrected chi connectivity index (χ2v) is 5.31. The molecule has 0 spiro atoms. The highest BCUT2D eigenvalue weighted by atomic mass is 35.5. The molecule has 2 aromatic rings. The first kappa shape index (κ1) is 19.2. The van der Waals surface area contributed by atoms with Crippen molar-refractivity contribution in [1.82, 2.24) is 15.2 Å². The highest BCUT2D eigenvalue weighted by molar-refractivity contribution is 5.95. The molecule has 1 amide bonds. The molecule has 0 saturated carbocycles. The molecule has 0 unspecified atom stereocenters. The van der Waals surface area contributed by atoms with Crippen molar-refractivity contribution in [3.8, 4) is 5.69 Å². The fourth-order valence-corrected chi connectivity index (χ4v) is 2.54.